The molecule has 0 saturated heterocycles. The van der Waals surface area contributed by atoms with Crippen LogP contribution >= 0.6 is 0 Å². The second-order valence-corrected chi connectivity index (χ2v) is 5.73. The summed E-state index contributed by atoms with van der Waals surface area (Å²) in [5.74, 6) is 0.528. The highest BCUT2D eigenvalue weighted by molar-refractivity contribution is 5.76. The summed E-state index contributed by atoms with van der Waals surface area (Å²) in [4.78, 5) is 32.4. The average molecular weight is 401 g/mol. The van der Waals surface area contributed by atoms with E-state index in [0.717, 1.165) is 4.57 Å². The normalized spacial score (nSPS) is 10.4. The standard InChI is InChI=1S/C18H19N5O6/c1-26-12-8-14(28-3)13(27-2)7-11(12)9-21-15(24)10-23-17(22-29-18(23)25)16-19-5-4-6-20-16/h4-8H,9-10H2,1-3H3,(H,21,24). The van der Waals surface area contributed by atoms with Crippen LogP contribution in [0.25, 0.3) is 11.6 Å². The molecule has 3 aromatic rings. The van der Waals surface area contributed by atoms with Crippen molar-refractivity contribution in [3.63, 3.8) is 0 Å². The van der Waals surface area contributed by atoms with E-state index in [1.807, 2.05) is 0 Å². The number of hydrogen-bond acceptors (Lipinski definition) is 9. The van der Waals surface area contributed by atoms with Gasteiger partial charge in [0, 0.05) is 30.6 Å². The van der Waals surface area contributed by atoms with Crippen LogP contribution in [0.3, 0.4) is 0 Å². The highest BCUT2D eigenvalue weighted by atomic mass is 16.5. The molecule has 11 heteroatoms. The molecule has 3 rings (SSSR count). The summed E-state index contributed by atoms with van der Waals surface area (Å²) in [5, 5.41) is 6.37. The van der Waals surface area contributed by atoms with Gasteiger partial charge >= 0.3 is 5.76 Å². The maximum absolute atomic E-state index is 12.4. The topological polar surface area (TPSA) is 131 Å². The lowest BCUT2D eigenvalue weighted by molar-refractivity contribution is -0.121. The maximum atomic E-state index is 12.4. The molecule has 0 atom stereocenters. The lowest BCUT2D eigenvalue weighted by Gasteiger charge is -2.14. The predicted octanol–water partition coefficient (Wildman–Crippen LogP) is 0.635. The largest absolute Gasteiger partial charge is 0.496 e. The lowest BCUT2D eigenvalue weighted by atomic mass is 10.1. The zero-order valence-corrected chi connectivity index (χ0v) is 16.0. The van der Waals surface area contributed by atoms with E-state index in [2.05, 4.69) is 25.0 Å². The van der Waals surface area contributed by atoms with Gasteiger partial charge in [-0.3, -0.25) is 9.32 Å². The number of ether oxygens (including phenoxy) is 3. The van der Waals surface area contributed by atoms with Gasteiger partial charge in [-0.25, -0.2) is 19.3 Å². The monoisotopic (exact) mass is 401 g/mol. The van der Waals surface area contributed by atoms with Crippen molar-refractivity contribution in [1.82, 2.24) is 25.0 Å². The van der Waals surface area contributed by atoms with Crippen LogP contribution < -0.4 is 25.3 Å². The van der Waals surface area contributed by atoms with Gasteiger partial charge in [-0.15, -0.1) is 0 Å². The van der Waals surface area contributed by atoms with Crippen molar-refractivity contribution in [2.45, 2.75) is 13.1 Å². The summed E-state index contributed by atoms with van der Waals surface area (Å²) in [6.07, 6.45) is 2.99. The van der Waals surface area contributed by atoms with Crippen LogP contribution in [0.2, 0.25) is 0 Å². The van der Waals surface area contributed by atoms with E-state index in [4.69, 9.17) is 14.2 Å². The molecule has 29 heavy (non-hydrogen) atoms. The molecule has 0 bridgehead atoms. The van der Waals surface area contributed by atoms with E-state index in [-0.39, 0.29) is 24.7 Å². The number of benzene rings is 1. The molecule has 152 valence electrons. The Morgan fingerprint density at radius 2 is 1.72 bits per heavy atom. The molecule has 0 aliphatic carbocycles. The molecule has 0 spiro atoms. The molecule has 0 aliphatic heterocycles. The highest BCUT2D eigenvalue weighted by Crippen LogP contribution is 2.34. The number of nitrogens with zero attached hydrogens (tertiary/aromatic N) is 4. The van der Waals surface area contributed by atoms with E-state index in [1.54, 1.807) is 18.2 Å². The quantitative estimate of drug-likeness (QED) is 0.577. The Balaban J connectivity index is 1.75. The summed E-state index contributed by atoms with van der Waals surface area (Å²) in [6.45, 7) is -0.176. The Labute approximate surface area is 165 Å². The third-order valence-corrected chi connectivity index (χ3v) is 4.02. The molecule has 1 amide bonds. The van der Waals surface area contributed by atoms with Crippen LogP contribution in [-0.2, 0) is 17.9 Å². The smallest absolute Gasteiger partial charge is 0.442 e. The Kier molecular flexibility index (Phi) is 6.07. The fourth-order valence-electron chi connectivity index (χ4n) is 2.61. The predicted molar refractivity (Wildman–Crippen MR) is 99.7 cm³/mol. The minimum absolute atomic E-state index is 0.0643. The first-order valence-corrected chi connectivity index (χ1v) is 8.46. The van der Waals surface area contributed by atoms with Gasteiger partial charge in [-0.05, 0) is 12.1 Å². The lowest BCUT2D eigenvalue weighted by Crippen LogP contribution is -2.31. The van der Waals surface area contributed by atoms with Crippen LogP contribution in [0, 0.1) is 0 Å². The van der Waals surface area contributed by atoms with Crippen molar-refractivity contribution < 1.29 is 23.5 Å². The SMILES string of the molecule is COc1cc(OC)c(OC)cc1CNC(=O)Cn1c(-c2ncccn2)noc1=O. The molecule has 0 saturated carbocycles. The summed E-state index contributed by atoms with van der Waals surface area (Å²) in [5.41, 5.74) is 0.669. The van der Waals surface area contributed by atoms with Crippen molar-refractivity contribution in [1.29, 1.82) is 0 Å². The Morgan fingerprint density at radius 1 is 1.07 bits per heavy atom. The molecule has 1 N–H and O–H groups in total. The molecule has 2 heterocycles. The van der Waals surface area contributed by atoms with Gasteiger partial charge in [0.15, 0.2) is 17.3 Å². The number of carbonyl (C=O) groups is 1. The van der Waals surface area contributed by atoms with Gasteiger partial charge < -0.3 is 19.5 Å². The molecule has 1 aromatic carbocycles. The van der Waals surface area contributed by atoms with Gasteiger partial charge in [0.2, 0.25) is 11.7 Å². The third kappa shape index (κ3) is 4.34. The summed E-state index contributed by atoms with van der Waals surface area (Å²) < 4.78 is 21.6. The van der Waals surface area contributed by atoms with Crippen molar-refractivity contribution in [2.24, 2.45) is 0 Å². The number of amides is 1. The highest BCUT2D eigenvalue weighted by Gasteiger charge is 2.18. The maximum Gasteiger partial charge on any atom is 0.442 e. The van der Waals surface area contributed by atoms with Gasteiger partial charge in [-0.1, -0.05) is 5.16 Å². The van der Waals surface area contributed by atoms with E-state index in [9.17, 15) is 9.59 Å². The van der Waals surface area contributed by atoms with Crippen molar-refractivity contribution in [3.05, 3.63) is 46.7 Å². The number of methoxy groups -OCH3 is 3. The number of aromatic nitrogens is 4. The van der Waals surface area contributed by atoms with E-state index >= 15 is 0 Å². The molecule has 0 radical (unpaired) electrons. The molecule has 0 aliphatic rings. The van der Waals surface area contributed by atoms with Crippen molar-refractivity contribution in [2.75, 3.05) is 21.3 Å². The molecule has 2 aromatic heterocycles. The number of carbonyl (C=O) groups excluding carboxylic acids is 1. The Hall–Kier alpha value is -3.89. The molecule has 11 nitrogen and oxygen atoms in total. The van der Waals surface area contributed by atoms with Gasteiger partial charge in [0.05, 0.1) is 21.3 Å². The van der Waals surface area contributed by atoms with Crippen molar-refractivity contribution >= 4 is 5.91 Å². The second kappa shape index (κ2) is 8.87. The van der Waals surface area contributed by atoms with E-state index in [0.29, 0.717) is 22.8 Å². The van der Waals surface area contributed by atoms with Gasteiger partial charge in [-0.2, -0.15) is 0 Å². The molecular weight excluding hydrogens is 382 g/mol. The van der Waals surface area contributed by atoms with Crippen LogP contribution in [0.4, 0.5) is 0 Å². The number of hydrogen-bond donors (Lipinski definition) is 1. The first-order valence-electron chi connectivity index (χ1n) is 8.46. The molecule has 0 unspecified atom stereocenters. The van der Waals surface area contributed by atoms with E-state index in [1.165, 1.54) is 33.7 Å². The Morgan fingerprint density at radius 3 is 2.38 bits per heavy atom. The van der Waals surface area contributed by atoms with Gasteiger partial charge in [0.25, 0.3) is 0 Å². The summed E-state index contributed by atoms with van der Waals surface area (Å²) in [7, 11) is 4.54. The van der Waals surface area contributed by atoms with Crippen LogP contribution in [0.5, 0.6) is 17.2 Å². The summed E-state index contributed by atoms with van der Waals surface area (Å²) >= 11 is 0. The first-order chi connectivity index (χ1) is 14.1. The fourth-order valence-corrected chi connectivity index (χ4v) is 2.61. The second-order valence-electron chi connectivity index (χ2n) is 5.73. The van der Waals surface area contributed by atoms with Crippen LogP contribution in [-0.4, -0.2) is 46.9 Å². The zero-order chi connectivity index (χ0) is 20.8. The Bertz CT molecular complexity index is 1050. The fraction of sp³-hybridized carbons (Fsp3) is 0.278. The molecular formula is C18H19N5O6. The van der Waals surface area contributed by atoms with Crippen LogP contribution in [0.1, 0.15) is 5.56 Å². The molecule has 0 fully saturated rings. The number of rotatable bonds is 8. The summed E-state index contributed by atoms with van der Waals surface area (Å²) in [6, 6.07) is 4.98. The third-order valence-electron chi connectivity index (χ3n) is 4.02. The average Bonchev–Trinajstić information content (AvgIpc) is 3.12. The number of nitrogens with one attached hydrogen (secondary N) is 1. The zero-order valence-electron chi connectivity index (χ0n) is 16.0. The van der Waals surface area contributed by atoms with E-state index < -0.39 is 11.7 Å². The first kappa shape index (κ1) is 19.9. The van der Waals surface area contributed by atoms with Crippen LogP contribution in [0.15, 0.2) is 39.9 Å². The minimum Gasteiger partial charge on any atom is -0.496 e. The van der Waals surface area contributed by atoms with Gasteiger partial charge in [0.1, 0.15) is 12.3 Å². The van der Waals surface area contributed by atoms with Crippen molar-refractivity contribution in [3.8, 4) is 28.9 Å². The minimum atomic E-state index is -0.786.